The fourth-order valence-electron chi connectivity index (χ4n) is 3.44. The average molecular weight is 452 g/mol. The van der Waals surface area contributed by atoms with Crippen LogP contribution < -0.4 is 21.5 Å². The minimum atomic E-state index is -0.688. The largest absolute Gasteiger partial charge is 0.353 e. The van der Waals surface area contributed by atoms with Crippen LogP contribution in [-0.2, 0) is 0 Å². The molecule has 31 heavy (non-hydrogen) atoms. The molecule has 1 aliphatic carbocycles. The van der Waals surface area contributed by atoms with Crippen molar-refractivity contribution in [1.82, 2.24) is 21.5 Å². The topological polar surface area (TPSA) is 77.5 Å². The average Bonchev–Trinajstić information content (AvgIpc) is 3.14. The summed E-state index contributed by atoms with van der Waals surface area (Å²) in [6, 6.07) is 6.96. The maximum atomic E-state index is 13.7. The number of hydrogen-bond donors (Lipinski definition) is 4. The van der Waals surface area contributed by atoms with E-state index < -0.39 is 29.5 Å². The van der Waals surface area contributed by atoms with Gasteiger partial charge in [-0.15, -0.1) is 0 Å². The molecule has 0 radical (unpaired) electrons. The Balaban J connectivity index is 1.47. The van der Waals surface area contributed by atoms with Crippen molar-refractivity contribution in [2.24, 2.45) is 4.99 Å². The fraction of sp³-hybridized carbons (Fsp3) is 0.333. The van der Waals surface area contributed by atoms with Crippen LogP contribution in [0.1, 0.15) is 47.6 Å². The second-order valence-electron chi connectivity index (χ2n) is 7.63. The van der Waals surface area contributed by atoms with Gasteiger partial charge in [-0.3, -0.25) is 10.1 Å². The summed E-state index contributed by atoms with van der Waals surface area (Å²) in [5.74, 6) is -2.28. The molecule has 4 rings (SSSR count). The molecule has 1 saturated carbocycles. The first-order chi connectivity index (χ1) is 14.9. The quantitative estimate of drug-likeness (QED) is 0.423. The summed E-state index contributed by atoms with van der Waals surface area (Å²) in [5, 5.41) is 5.80. The normalized spacial score (nSPS) is 21.6. The van der Waals surface area contributed by atoms with Crippen LogP contribution in [0.3, 0.4) is 0 Å². The van der Waals surface area contributed by atoms with Gasteiger partial charge in [0.25, 0.3) is 5.91 Å². The molecule has 1 heterocycles. The van der Waals surface area contributed by atoms with Crippen molar-refractivity contribution in [3.05, 3.63) is 70.0 Å². The van der Waals surface area contributed by atoms with Crippen molar-refractivity contribution in [2.45, 2.75) is 43.9 Å². The molecular formula is C21H21ClF3N5O. The van der Waals surface area contributed by atoms with Gasteiger partial charge in [0, 0.05) is 30.1 Å². The summed E-state index contributed by atoms with van der Waals surface area (Å²) < 4.78 is 40.8. The lowest BCUT2D eigenvalue weighted by molar-refractivity contribution is 0.0974. The van der Waals surface area contributed by atoms with E-state index in [2.05, 4.69) is 26.5 Å². The van der Waals surface area contributed by atoms with Gasteiger partial charge in [0.15, 0.2) is 5.96 Å². The minimum absolute atomic E-state index is 0.0703. The number of amides is 1. The highest BCUT2D eigenvalue weighted by atomic mass is 35.5. The summed E-state index contributed by atoms with van der Waals surface area (Å²) in [4.78, 5) is 17.1. The maximum absolute atomic E-state index is 13.7. The predicted octanol–water partition coefficient (Wildman–Crippen LogP) is 3.55. The summed E-state index contributed by atoms with van der Waals surface area (Å²) >= 11 is 5.68. The molecule has 2 fully saturated rings. The van der Waals surface area contributed by atoms with E-state index in [0.29, 0.717) is 12.0 Å². The number of carbonyl (C=O) groups is 1. The van der Waals surface area contributed by atoms with Gasteiger partial charge >= 0.3 is 0 Å². The molecular weight excluding hydrogens is 431 g/mol. The summed E-state index contributed by atoms with van der Waals surface area (Å²) in [6.45, 7) is 0. The molecule has 6 nitrogen and oxygen atoms in total. The van der Waals surface area contributed by atoms with Crippen molar-refractivity contribution in [3.63, 3.8) is 0 Å². The second-order valence-corrected chi connectivity index (χ2v) is 8.04. The Labute approximate surface area is 182 Å². The molecule has 10 heteroatoms. The first kappa shape index (κ1) is 21.6. The Hall–Kier alpha value is -2.62. The van der Waals surface area contributed by atoms with E-state index in [1.807, 2.05) is 0 Å². The lowest BCUT2D eigenvalue weighted by Gasteiger charge is -2.28. The van der Waals surface area contributed by atoms with Gasteiger partial charge in [0.05, 0.1) is 5.02 Å². The highest BCUT2D eigenvalue weighted by Gasteiger charge is 2.27. The SMILES string of the molecule is O=C(NC(=NC1CC(c2cc(F)cc(F)c2)NN1)NC1CCC1)c1ccc(Cl)c(F)c1. The zero-order valence-electron chi connectivity index (χ0n) is 16.4. The van der Waals surface area contributed by atoms with E-state index in [0.717, 1.165) is 31.4 Å². The Morgan fingerprint density at radius 1 is 1.06 bits per heavy atom. The van der Waals surface area contributed by atoms with Crippen LogP contribution in [0.4, 0.5) is 13.2 Å². The van der Waals surface area contributed by atoms with Crippen molar-refractivity contribution in [1.29, 1.82) is 0 Å². The monoisotopic (exact) mass is 451 g/mol. The molecule has 0 bridgehead atoms. The van der Waals surface area contributed by atoms with Gasteiger partial charge in [0.2, 0.25) is 0 Å². The summed E-state index contributed by atoms with van der Waals surface area (Å²) in [5.41, 5.74) is 6.49. The predicted molar refractivity (Wildman–Crippen MR) is 111 cm³/mol. The van der Waals surface area contributed by atoms with Gasteiger partial charge in [-0.05, 0) is 55.2 Å². The molecule has 4 N–H and O–H groups in total. The van der Waals surface area contributed by atoms with Crippen molar-refractivity contribution in [2.75, 3.05) is 0 Å². The van der Waals surface area contributed by atoms with Crippen LogP contribution in [0.15, 0.2) is 41.4 Å². The van der Waals surface area contributed by atoms with E-state index in [-0.39, 0.29) is 28.6 Å². The van der Waals surface area contributed by atoms with E-state index in [9.17, 15) is 18.0 Å². The number of aliphatic imine (C=N–C) groups is 1. The highest BCUT2D eigenvalue weighted by Crippen LogP contribution is 2.24. The minimum Gasteiger partial charge on any atom is -0.353 e. The Morgan fingerprint density at radius 3 is 2.45 bits per heavy atom. The highest BCUT2D eigenvalue weighted by molar-refractivity contribution is 6.30. The van der Waals surface area contributed by atoms with Crippen LogP contribution in [-0.4, -0.2) is 24.1 Å². The van der Waals surface area contributed by atoms with E-state index in [4.69, 9.17) is 11.6 Å². The van der Waals surface area contributed by atoms with Crippen molar-refractivity contribution >= 4 is 23.5 Å². The van der Waals surface area contributed by atoms with E-state index >= 15 is 0 Å². The van der Waals surface area contributed by atoms with Crippen LogP contribution in [0.2, 0.25) is 5.02 Å². The van der Waals surface area contributed by atoms with Crippen LogP contribution >= 0.6 is 11.6 Å². The van der Waals surface area contributed by atoms with Gasteiger partial charge in [-0.2, -0.15) is 0 Å². The standard InChI is InChI=1S/C21H21ClF3N5O/c22-16-5-4-11(8-17(16)25)20(31)28-21(26-15-2-1-3-15)27-19-10-18(29-30-19)12-6-13(23)9-14(24)7-12/h4-9,15,18-19,29-30H,1-3,10H2,(H2,26,27,28,31). The smallest absolute Gasteiger partial charge is 0.258 e. The molecule has 0 spiro atoms. The molecule has 1 amide bonds. The number of nitrogens with one attached hydrogen (secondary N) is 4. The third-order valence-corrected chi connectivity index (χ3v) is 5.62. The molecule has 0 aromatic heterocycles. The van der Waals surface area contributed by atoms with Crippen LogP contribution in [0.5, 0.6) is 0 Å². The Morgan fingerprint density at radius 2 is 1.81 bits per heavy atom. The number of benzene rings is 2. The number of guanidine groups is 1. The number of hydrogen-bond acceptors (Lipinski definition) is 4. The van der Waals surface area contributed by atoms with Gasteiger partial charge in [-0.1, -0.05) is 11.6 Å². The Bertz CT molecular complexity index is 994. The molecule has 2 aromatic carbocycles. The van der Waals surface area contributed by atoms with Gasteiger partial charge < -0.3 is 5.32 Å². The molecule has 2 aliphatic rings. The number of rotatable bonds is 4. The third kappa shape index (κ3) is 5.36. The number of halogens is 4. The van der Waals surface area contributed by atoms with Gasteiger partial charge in [0.1, 0.15) is 23.6 Å². The zero-order valence-corrected chi connectivity index (χ0v) is 17.1. The first-order valence-corrected chi connectivity index (χ1v) is 10.3. The van der Waals surface area contributed by atoms with Crippen molar-refractivity contribution in [3.8, 4) is 0 Å². The second kappa shape index (κ2) is 9.25. The fourth-order valence-corrected chi connectivity index (χ4v) is 3.56. The number of carbonyl (C=O) groups excluding carboxylic acids is 1. The molecule has 2 aromatic rings. The van der Waals surface area contributed by atoms with Gasteiger partial charge in [-0.25, -0.2) is 29.0 Å². The van der Waals surface area contributed by atoms with E-state index in [1.165, 1.54) is 24.3 Å². The molecule has 1 aliphatic heterocycles. The lowest BCUT2D eigenvalue weighted by atomic mass is 9.93. The number of nitrogens with zero attached hydrogens (tertiary/aromatic N) is 1. The molecule has 164 valence electrons. The molecule has 2 unspecified atom stereocenters. The first-order valence-electron chi connectivity index (χ1n) is 9.95. The lowest BCUT2D eigenvalue weighted by Crippen LogP contribution is -2.49. The van der Waals surface area contributed by atoms with Crippen LogP contribution in [0.25, 0.3) is 0 Å². The van der Waals surface area contributed by atoms with Crippen molar-refractivity contribution < 1.29 is 18.0 Å². The maximum Gasteiger partial charge on any atom is 0.258 e. The number of hydrazine groups is 1. The van der Waals surface area contributed by atoms with Crippen LogP contribution in [0, 0.1) is 17.5 Å². The summed E-state index contributed by atoms with van der Waals surface area (Å²) in [6.07, 6.45) is 2.93. The summed E-state index contributed by atoms with van der Waals surface area (Å²) in [7, 11) is 0. The van der Waals surface area contributed by atoms with E-state index in [1.54, 1.807) is 0 Å². The molecule has 1 saturated heterocycles. The zero-order chi connectivity index (χ0) is 22.0. The molecule has 2 atom stereocenters. The Kier molecular flexibility index (Phi) is 6.45. The third-order valence-electron chi connectivity index (χ3n) is 5.32.